The Morgan fingerprint density at radius 2 is 0.661 bits per heavy atom. The molecule has 13 heterocycles. The van der Waals surface area contributed by atoms with E-state index in [0.717, 1.165) is 45.4 Å². The summed E-state index contributed by atoms with van der Waals surface area (Å²) in [5, 5.41) is 39.8. The first kappa shape index (κ1) is 133. The molecule has 0 aliphatic carbocycles. The Morgan fingerprint density at radius 3 is 0.870 bits per heavy atom. The third-order valence-electron chi connectivity index (χ3n) is 8.97. The predicted molar refractivity (Wildman–Crippen MR) is 486 cm³/mol. The van der Waals surface area contributed by atoms with Crippen molar-refractivity contribution in [1.82, 2.24) is 135 Å². The van der Waals surface area contributed by atoms with Crippen LogP contribution in [-0.2, 0) is 14.1 Å². The quantitative estimate of drug-likeness (QED) is 0.136. The average Bonchev–Trinajstić information content (AvgIpc) is 1.88. The zero-order chi connectivity index (χ0) is 91.1. The second-order valence-corrected chi connectivity index (χ2v) is 17.4. The van der Waals surface area contributed by atoms with Gasteiger partial charge in [0, 0.05) is 125 Å². The number of aryl methyl sites for hydroxylation is 13. The van der Waals surface area contributed by atoms with Crippen LogP contribution in [-0.4, -0.2) is 135 Å². The monoisotopic (exact) mass is 1590 g/mol. The van der Waals surface area contributed by atoms with Gasteiger partial charge in [0.15, 0.2) is 0 Å². The molecule has 13 aromatic rings. The number of hydrogen-bond donors (Lipinski definition) is 0. The average molecular weight is 1590 g/mol. The molecule has 13 rings (SSSR count). The first-order valence-corrected chi connectivity index (χ1v) is 39.9. The van der Waals surface area contributed by atoms with Gasteiger partial charge in [0.2, 0.25) is 0 Å². The van der Waals surface area contributed by atoms with Gasteiger partial charge in [-0.15, -0.1) is 20.4 Å². The lowest BCUT2D eigenvalue weighted by atomic mass is 10.3. The van der Waals surface area contributed by atoms with Gasteiger partial charge in [0.1, 0.15) is 55.9 Å². The summed E-state index contributed by atoms with van der Waals surface area (Å²) in [5.74, 6) is 1.53. The highest BCUT2D eigenvalue weighted by Gasteiger charge is 1.82. The summed E-state index contributed by atoms with van der Waals surface area (Å²) >= 11 is 0. The van der Waals surface area contributed by atoms with E-state index in [0.29, 0.717) is 5.82 Å². The molecule has 0 amide bonds. The zero-order valence-corrected chi connectivity index (χ0v) is 78.5. The van der Waals surface area contributed by atoms with Crippen molar-refractivity contribution in [3.63, 3.8) is 0 Å². The highest BCUT2D eigenvalue weighted by Crippen LogP contribution is 1.91. The Bertz CT molecular complexity index is 2750. The van der Waals surface area contributed by atoms with Crippen LogP contribution >= 0.6 is 0 Å². The summed E-state index contributed by atoms with van der Waals surface area (Å²) in [6, 6.07) is 23.1. The van der Waals surface area contributed by atoms with E-state index in [9.17, 15) is 0 Å². The number of aromatic nitrogens is 27. The molecule has 0 saturated heterocycles. The van der Waals surface area contributed by atoms with Crippen LogP contribution in [0.25, 0.3) is 0 Å². The maximum absolute atomic E-state index is 3.98. The number of pyridine rings is 3. The first-order chi connectivity index (χ1) is 56.1. The van der Waals surface area contributed by atoms with Crippen molar-refractivity contribution in [3.8, 4) is 0 Å². The molecule has 27 nitrogen and oxygen atoms in total. The van der Waals surface area contributed by atoms with Gasteiger partial charge in [0.25, 0.3) is 0 Å². The van der Waals surface area contributed by atoms with E-state index >= 15 is 0 Å². The second-order valence-electron chi connectivity index (χ2n) is 17.4. The van der Waals surface area contributed by atoms with Crippen LogP contribution in [0.3, 0.4) is 0 Å². The molecule has 0 aliphatic rings. The topological polar surface area (TPSA) is 332 Å². The fourth-order valence-corrected chi connectivity index (χ4v) is 4.68. The van der Waals surface area contributed by atoms with Crippen LogP contribution in [0.5, 0.6) is 0 Å². The van der Waals surface area contributed by atoms with E-state index in [4.69, 9.17) is 0 Å². The lowest BCUT2D eigenvalue weighted by Crippen LogP contribution is -1.85. The minimum atomic E-state index is 0.711. The lowest BCUT2D eigenvalue weighted by Gasteiger charge is -1.82. The largest absolute Gasteiger partial charge is 0.323 e. The first-order valence-electron chi connectivity index (χ1n) is 39.9. The lowest BCUT2D eigenvalue weighted by molar-refractivity contribution is 0.765. The van der Waals surface area contributed by atoms with Gasteiger partial charge in [-0.1, -0.05) is 192 Å². The van der Waals surface area contributed by atoms with Crippen molar-refractivity contribution in [1.29, 1.82) is 0 Å². The summed E-state index contributed by atoms with van der Waals surface area (Å²) in [5.41, 5.74) is 9.57. The van der Waals surface area contributed by atoms with Crippen molar-refractivity contribution in [3.05, 3.63) is 297 Å². The van der Waals surface area contributed by atoms with Crippen molar-refractivity contribution < 1.29 is 0 Å². The molecule has 27 heteroatoms. The molecule has 0 spiro atoms. The van der Waals surface area contributed by atoms with E-state index in [-0.39, 0.29) is 0 Å². The molecular weight excluding hydrogens is 1440 g/mol. The minimum absolute atomic E-state index is 0.711. The van der Waals surface area contributed by atoms with E-state index in [1.165, 1.54) is 36.4 Å². The van der Waals surface area contributed by atoms with Crippen LogP contribution in [0.15, 0.2) is 235 Å². The van der Waals surface area contributed by atoms with Gasteiger partial charge in [-0.2, -0.15) is 35.7 Å². The molecule has 0 unspecified atom stereocenters. The summed E-state index contributed by atoms with van der Waals surface area (Å²) in [7, 11) is 3.70. The molecule has 0 aromatic carbocycles. The highest BCUT2D eigenvalue weighted by atomic mass is 15.3. The Morgan fingerprint density at radius 1 is 0.209 bits per heavy atom. The number of rotatable bonds is 0. The molecule has 0 bridgehead atoms. The maximum atomic E-state index is 3.98. The molecule has 0 atom stereocenters. The van der Waals surface area contributed by atoms with Gasteiger partial charge in [0.05, 0.1) is 35.7 Å². The maximum Gasteiger partial charge on any atom is 0.147 e. The van der Waals surface area contributed by atoms with Gasteiger partial charge in [-0.05, 0) is 159 Å². The van der Waals surface area contributed by atoms with E-state index < -0.39 is 0 Å². The fourth-order valence-electron chi connectivity index (χ4n) is 4.68. The van der Waals surface area contributed by atoms with E-state index in [2.05, 4.69) is 126 Å². The van der Waals surface area contributed by atoms with Crippen LogP contribution in [0.4, 0.5) is 0 Å². The highest BCUT2D eigenvalue weighted by molar-refractivity contribution is 5.06. The van der Waals surface area contributed by atoms with Gasteiger partial charge in [-0.25, -0.2) is 44.9 Å². The minimum Gasteiger partial charge on any atom is -0.323 e. The Hall–Kier alpha value is -11.8. The Kier molecular flexibility index (Phi) is 148. The molecule has 0 fully saturated rings. The molecule has 13 aromatic heterocycles. The fraction of sp³-hybridized carbons (Fsp3) is 0.443. The molecule has 0 radical (unpaired) electrons. The molecule has 642 valence electrons. The van der Waals surface area contributed by atoms with Crippen LogP contribution in [0.1, 0.15) is 242 Å². The third kappa shape index (κ3) is 126. The molecule has 0 aliphatic heterocycles. The van der Waals surface area contributed by atoms with Gasteiger partial charge < -0.3 is 4.57 Å². The summed E-state index contributed by atoms with van der Waals surface area (Å²) in [6.07, 6.45) is 43.5. The summed E-state index contributed by atoms with van der Waals surface area (Å²) in [4.78, 5) is 53.5. The van der Waals surface area contributed by atoms with Crippen LogP contribution in [0, 0.1) is 76.2 Å². The van der Waals surface area contributed by atoms with Crippen molar-refractivity contribution >= 4 is 0 Å². The number of hydrogen-bond acceptors (Lipinski definition) is 25. The third-order valence-corrected chi connectivity index (χ3v) is 8.97. The van der Waals surface area contributed by atoms with Crippen molar-refractivity contribution in [2.75, 3.05) is 0 Å². The molecular formula is C88H155N27. The van der Waals surface area contributed by atoms with E-state index in [1.54, 1.807) is 153 Å². The zero-order valence-electron chi connectivity index (χ0n) is 78.5. The van der Waals surface area contributed by atoms with Crippen LogP contribution < -0.4 is 0 Å². The molecule has 0 saturated carbocycles. The van der Waals surface area contributed by atoms with Gasteiger partial charge in [-0.3, -0.25) is 29.6 Å². The second kappa shape index (κ2) is 129. The smallest absolute Gasteiger partial charge is 0.147 e. The summed E-state index contributed by atoms with van der Waals surface area (Å²) in [6.45, 7) is 73.2. The standard InChI is InChI=1S/3C6H7N.6C5H6N2.2C4H5N3.2C3H5N3.13C2H6/c1-6-2-4-7-5-3-6;1-6-3-2-4-7-5-6;1-6-4-2-3-5-7-6;1-5-2-6-4-7-3-5;1-5-4-6-2-3-7-5;1-5-2-3-6-4-7-5;1-5-2-3-6-7-4-5;1-5-6-3-2-4-7-5;1-5-3-2-4-6-7-5;1-4-2-5-3-6-7-4;1-4-5-2-3-6-7-4;1-6-2-4-5-3-6;1-6-3-4-2-5-6;13*1-2/h3*2-5H,1H3;6*2-4H,1H3;2*2-3H,1H3;2*2-3H,1H3;13*1-2H3. The van der Waals surface area contributed by atoms with Crippen molar-refractivity contribution in [2.24, 2.45) is 14.1 Å². The van der Waals surface area contributed by atoms with Gasteiger partial charge >= 0.3 is 0 Å². The molecule has 115 heavy (non-hydrogen) atoms. The van der Waals surface area contributed by atoms with E-state index in [1.807, 2.05) is 336 Å². The summed E-state index contributed by atoms with van der Waals surface area (Å²) < 4.78 is 3.42. The van der Waals surface area contributed by atoms with Crippen molar-refractivity contribution in [2.45, 2.75) is 256 Å². The van der Waals surface area contributed by atoms with Crippen LogP contribution in [0.2, 0.25) is 0 Å². The predicted octanol–water partition coefficient (Wildman–Crippen LogP) is 22.2. The SMILES string of the molecule is CC.CC.CC.CC.CC.CC.CC.CC.CC.CC.CC.CC.CC.Cc1ccccn1.Cc1cccnc1.Cc1cccnn1.Cc1ccncc1.Cc1ccncn1.Cc1ccnnc1.Cc1cnccn1.Cc1cncnc1.Cc1cncnn1.Cc1ncccn1.Cc1nccnn1.Cn1cncn1.Cn1cnnc1. The molecule has 0 N–H and O–H groups in total. The Balaban J connectivity index is -0.0000000870. The normalized spacial score (nSPS) is 7.43. The Labute approximate surface area is 699 Å². The number of nitrogens with zero attached hydrogens (tertiary/aromatic N) is 27.